The predicted octanol–water partition coefficient (Wildman–Crippen LogP) is 2.99. The summed E-state index contributed by atoms with van der Waals surface area (Å²) in [7, 11) is 1.65. The maximum Gasteiger partial charge on any atom is 0.133 e. The first-order chi connectivity index (χ1) is 8.08. The molecule has 0 amide bonds. The molecule has 0 saturated heterocycles. The molecule has 0 atom stereocenters. The van der Waals surface area contributed by atoms with E-state index < -0.39 is 0 Å². The second-order valence-corrected chi connectivity index (χ2v) is 5.19. The number of methoxy groups -OCH3 is 1. The lowest BCUT2D eigenvalue weighted by molar-refractivity contribution is 0.268. The molecule has 0 bridgehead atoms. The average Bonchev–Trinajstić information content (AvgIpc) is 2.29. The van der Waals surface area contributed by atoms with Gasteiger partial charge in [0.2, 0.25) is 0 Å². The fourth-order valence-corrected chi connectivity index (χ4v) is 1.96. The van der Waals surface area contributed by atoms with Crippen LogP contribution in [-0.4, -0.2) is 20.3 Å². The summed E-state index contributed by atoms with van der Waals surface area (Å²) in [4.78, 5) is 0. The van der Waals surface area contributed by atoms with Crippen molar-refractivity contribution in [2.45, 2.75) is 20.3 Å². The van der Waals surface area contributed by atoms with Crippen LogP contribution in [0.3, 0.4) is 0 Å². The van der Waals surface area contributed by atoms with Gasteiger partial charge in [-0.15, -0.1) is 0 Å². The Kier molecular flexibility index (Phi) is 5.78. The highest BCUT2D eigenvalue weighted by atomic mass is 79.9. The molecule has 0 aliphatic heterocycles. The molecule has 0 aliphatic rings. The Hall–Kier alpha value is -0.740. The third-order valence-corrected chi connectivity index (χ3v) is 2.94. The molecule has 17 heavy (non-hydrogen) atoms. The first-order valence-electron chi connectivity index (χ1n) is 5.77. The van der Waals surface area contributed by atoms with Crippen LogP contribution in [0.1, 0.15) is 19.4 Å². The maximum atomic E-state index is 5.79. The fourth-order valence-electron chi connectivity index (χ4n) is 1.48. The van der Waals surface area contributed by atoms with E-state index in [2.05, 4.69) is 29.8 Å². The Labute approximate surface area is 111 Å². The molecule has 1 aromatic rings. The summed E-state index contributed by atoms with van der Waals surface area (Å²) in [6, 6.07) is 3.93. The Morgan fingerprint density at radius 2 is 2.00 bits per heavy atom. The summed E-state index contributed by atoms with van der Waals surface area (Å²) in [5.41, 5.74) is 6.70. The molecule has 96 valence electrons. The van der Waals surface area contributed by atoms with Gasteiger partial charge in [0.15, 0.2) is 0 Å². The van der Waals surface area contributed by atoms with Crippen molar-refractivity contribution in [1.29, 1.82) is 0 Å². The monoisotopic (exact) mass is 301 g/mol. The number of hydrogen-bond donors (Lipinski definition) is 1. The largest absolute Gasteiger partial charge is 0.496 e. The van der Waals surface area contributed by atoms with E-state index in [1.807, 2.05) is 12.1 Å². The van der Waals surface area contributed by atoms with E-state index in [4.69, 9.17) is 15.2 Å². The number of halogens is 1. The molecule has 0 radical (unpaired) electrons. The molecule has 0 spiro atoms. The van der Waals surface area contributed by atoms with Gasteiger partial charge in [-0.3, -0.25) is 0 Å². The fraction of sp³-hybridized carbons (Fsp3) is 0.538. The highest BCUT2D eigenvalue weighted by Gasteiger charge is 2.10. The van der Waals surface area contributed by atoms with Crippen molar-refractivity contribution in [1.82, 2.24) is 0 Å². The van der Waals surface area contributed by atoms with Crippen LogP contribution >= 0.6 is 15.9 Å². The molecule has 1 rings (SSSR count). The molecule has 0 heterocycles. The zero-order valence-electron chi connectivity index (χ0n) is 10.6. The van der Waals surface area contributed by atoms with E-state index in [9.17, 15) is 0 Å². The van der Waals surface area contributed by atoms with Crippen molar-refractivity contribution in [2.24, 2.45) is 11.7 Å². The summed E-state index contributed by atoms with van der Waals surface area (Å²) in [6.07, 6.45) is 0.789. The standard InChI is InChI=1S/C13H20BrNO2/c1-9(2)8-17-12-7-11(14)13(16-3)6-10(12)4-5-15/h6-7,9H,4-5,8,15H2,1-3H3. The van der Waals surface area contributed by atoms with Gasteiger partial charge in [-0.2, -0.15) is 0 Å². The van der Waals surface area contributed by atoms with Crippen molar-refractivity contribution in [2.75, 3.05) is 20.3 Å². The van der Waals surface area contributed by atoms with Crippen molar-refractivity contribution >= 4 is 15.9 Å². The zero-order chi connectivity index (χ0) is 12.8. The second-order valence-electron chi connectivity index (χ2n) is 4.34. The van der Waals surface area contributed by atoms with Crippen LogP contribution < -0.4 is 15.2 Å². The number of hydrogen-bond acceptors (Lipinski definition) is 3. The van der Waals surface area contributed by atoms with Gasteiger partial charge in [-0.05, 0) is 52.5 Å². The topological polar surface area (TPSA) is 44.5 Å². The second kappa shape index (κ2) is 6.87. The Balaban J connectivity index is 2.96. The van der Waals surface area contributed by atoms with Crippen LogP contribution in [-0.2, 0) is 6.42 Å². The summed E-state index contributed by atoms with van der Waals surface area (Å²) in [5, 5.41) is 0. The van der Waals surface area contributed by atoms with Gasteiger partial charge in [0.05, 0.1) is 18.2 Å². The van der Waals surface area contributed by atoms with E-state index in [-0.39, 0.29) is 0 Å². The molecule has 2 N–H and O–H groups in total. The maximum absolute atomic E-state index is 5.79. The van der Waals surface area contributed by atoms with Gasteiger partial charge >= 0.3 is 0 Å². The average molecular weight is 302 g/mol. The quantitative estimate of drug-likeness (QED) is 0.878. The molecule has 3 nitrogen and oxygen atoms in total. The highest BCUT2D eigenvalue weighted by molar-refractivity contribution is 9.10. The van der Waals surface area contributed by atoms with Crippen LogP contribution in [0.4, 0.5) is 0 Å². The summed E-state index contributed by atoms with van der Waals surface area (Å²) >= 11 is 3.46. The lowest BCUT2D eigenvalue weighted by Crippen LogP contribution is -2.09. The Bertz CT molecular complexity index is 367. The minimum absolute atomic E-state index is 0.501. The predicted molar refractivity (Wildman–Crippen MR) is 73.8 cm³/mol. The van der Waals surface area contributed by atoms with E-state index in [0.29, 0.717) is 19.1 Å². The zero-order valence-corrected chi connectivity index (χ0v) is 12.2. The molecular weight excluding hydrogens is 282 g/mol. The van der Waals surface area contributed by atoms with E-state index >= 15 is 0 Å². The highest BCUT2D eigenvalue weighted by Crippen LogP contribution is 2.33. The SMILES string of the molecule is COc1cc(CCN)c(OCC(C)C)cc1Br. The van der Waals surface area contributed by atoms with Crippen LogP contribution in [0, 0.1) is 5.92 Å². The lowest BCUT2D eigenvalue weighted by Gasteiger charge is -2.15. The molecule has 0 saturated carbocycles. The van der Waals surface area contributed by atoms with Crippen LogP contribution in [0.25, 0.3) is 0 Å². The summed E-state index contributed by atoms with van der Waals surface area (Å²) in [5.74, 6) is 2.20. The molecule has 4 heteroatoms. The normalized spacial score (nSPS) is 10.7. The Morgan fingerprint density at radius 1 is 1.29 bits per heavy atom. The first kappa shape index (κ1) is 14.3. The Morgan fingerprint density at radius 3 is 2.53 bits per heavy atom. The number of benzene rings is 1. The third kappa shape index (κ3) is 4.21. The van der Waals surface area contributed by atoms with Crippen LogP contribution in [0.2, 0.25) is 0 Å². The van der Waals surface area contributed by atoms with Gasteiger partial charge in [0, 0.05) is 0 Å². The van der Waals surface area contributed by atoms with Crippen molar-refractivity contribution < 1.29 is 9.47 Å². The molecule has 0 fully saturated rings. The molecule has 0 aliphatic carbocycles. The molecular formula is C13H20BrNO2. The third-order valence-electron chi connectivity index (χ3n) is 2.32. The minimum atomic E-state index is 0.501. The van der Waals surface area contributed by atoms with E-state index in [1.54, 1.807) is 7.11 Å². The smallest absolute Gasteiger partial charge is 0.133 e. The number of nitrogens with two attached hydrogens (primary N) is 1. The van der Waals surface area contributed by atoms with Gasteiger partial charge in [0.25, 0.3) is 0 Å². The van der Waals surface area contributed by atoms with Gasteiger partial charge in [-0.1, -0.05) is 13.8 Å². The number of ether oxygens (including phenoxy) is 2. The first-order valence-corrected chi connectivity index (χ1v) is 6.57. The van der Waals surface area contributed by atoms with Crippen LogP contribution in [0.5, 0.6) is 11.5 Å². The molecule has 0 unspecified atom stereocenters. The molecule has 1 aromatic carbocycles. The van der Waals surface area contributed by atoms with Gasteiger partial charge < -0.3 is 15.2 Å². The molecule has 0 aromatic heterocycles. The lowest BCUT2D eigenvalue weighted by atomic mass is 10.1. The van der Waals surface area contributed by atoms with Crippen LogP contribution in [0.15, 0.2) is 16.6 Å². The minimum Gasteiger partial charge on any atom is -0.496 e. The van der Waals surface area contributed by atoms with Gasteiger partial charge in [0.1, 0.15) is 11.5 Å². The van der Waals surface area contributed by atoms with E-state index in [1.165, 1.54) is 0 Å². The summed E-state index contributed by atoms with van der Waals surface area (Å²) < 4.78 is 12.0. The number of rotatable bonds is 6. The van der Waals surface area contributed by atoms with Crippen molar-refractivity contribution in [3.8, 4) is 11.5 Å². The van der Waals surface area contributed by atoms with Crippen molar-refractivity contribution in [3.63, 3.8) is 0 Å². The van der Waals surface area contributed by atoms with Crippen molar-refractivity contribution in [3.05, 3.63) is 22.2 Å². The van der Waals surface area contributed by atoms with E-state index in [0.717, 1.165) is 28.0 Å². The summed E-state index contributed by atoms with van der Waals surface area (Å²) in [6.45, 7) is 5.56. The van der Waals surface area contributed by atoms with Gasteiger partial charge in [-0.25, -0.2) is 0 Å².